The van der Waals surface area contributed by atoms with E-state index in [4.69, 9.17) is 10.8 Å². The summed E-state index contributed by atoms with van der Waals surface area (Å²) in [5, 5.41) is 13.0. The molecule has 0 bridgehead atoms. The van der Waals surface area contributed by atoms with E-state index in [1.165, 1.54) is 10.7 Å². The van der Waals surface area contributed by atoms with Crippen LogP contribution in [0.4, 0.5) is 0 Å². The number of carbonyl (C=O) groups is 1. The summed E-state index contributed by atoms with van der Waals surface area (Å²) < 4.78 is 1.45. The van der Waals surface area contributed by atoms with Crippen molar-refractivity contribution < 1.29 is 9.90 Å². The average Bonchev–Trinajstić information content (AvgIpc) is 2.57. The lowest BCUT2D eigenvalue weighted by atomic mass is 10.0. The fourth-order valence-corrected chi connectivity index (χ4v) is 1.46. The quantitative estimate of drug-likeness (QED) is 0.727. The van der Waals surface area contributed by atoms with Gasteiger partial charge in [-0.3, -0.25) is 4.79 Å². The molecule has 0 spiro atoms. The van der Waals surface area contributed by atoms with Crippen LogP contribution >= 0.6 is 0 Å². The molecule has 2 rings (SSSR count). The molecule has 0 amide bonds. The summed E-state index contributed by atoms with van der Waals surface area (Å²) in [7, 11) is 0. The van der Waals surface area contributed by atoms with Crippen LogP contribution in [0.5, 0.6) is 0 Å². The Bertz CT molecular complexity index is 536. The smallest absolute Gasteiger partial charge is 0.312 e. The van der Waals surface area contributed by atoms with Gasteiger partial charge in [0.05, 0.1) is 5.92 Å². The van der Waals surface area contributed by atoms with Gasteiger partial charge >= 0.3 is 5.97 Å². The second-order valence-electron chi connectivity index (χ2n) is 3.42. The van der Waals surface area contributed by atoms with Crippen LogP contribution in [0, 0.1) is 6.92 Å². The summed E-state index contributed by atoms with van der Waals surface area (Å²) >= 11 is 0. The third kappa shape index (κ3) is 1.72. The lowest BCUT2D eigenvalue weighted by Gasteiger charge is -2.08. The van der Waals surface area contributed by atoms with Crippen molar-refractivity contribution in [1.29, 1.82) is 0 Å². The number of carboxylic acids is 1. The molecule has 0 aliphatic carbocycles. The fraction of sp³-hybridized carbons (Fsp3) is 0.333. The van der Waals surface area contributed by atoms with Crippen molar-refractivity contribution in [3.05, 3.63) is 23.8 Å². The number of fused-ring (bicyclic) bond motifs is 1. The summed E-state index contributed by atoms with van der Waals surface area (Å²) in [4.78, 5) is 19.0. The number of nitrogens with two attached hydrogens (primary N) is 1. The van der Waals surface area contributed by atoms with Crippen LogP contribution in [-0.4, -0.2) is 37.2 Å². The molecular formula is C9H11N5O2. The fourth-order valence-electron chi connectivity index (χ4n) is 1.46. The standard InChI is InChI=1S/C9H11N5O2/c1-5-12-9-11-3-6(4-14(9)13-5)7(2-10)8(15)16/h3-4,7H,2,10H2,1H3,(H,15,16). The first-order valence-electron chi connectivity index (χ1n) is 4.73. The summed E-state index contributed by atoms with van der Waals surface area (Å²) in [5.41, 5.74) is 5.92. The van der Waals surface area contributed by atoms with Crippen molar-refractivity contribution in [3.63, 3.8) is 0 Å². The molecule has 7 heteroatoms. The van der Waals surface area contributed by atoms with Crippen LogP contribution in [0.2, 0.25) is 0 Å². The topological polar surface area (TPSA) is 106 Å². The van der Waals surface area contributed by atoms with Gasteiger partial charge in [0, 0.05) is 24.5 Å². The van der Waals surface area contributed by atoms with Crippen LogP contribution in [0.25, 0.3) is 5.78 Å². The second-order valence-corrected chi connectivity index (χ2v) is 3.42. The summed E-state index contributed by atoms with van der Waals surface area (Å²) in [6.45, 7) is 1.77. The van der Waals surface area contributed by atoms with Gasteiger partial charge in [-0.15, -0.1) is 0 Å². The van der Waals surface area contributed by atoms with E-state index >= 15 is 0 Å². The number of nitrogens with zero attached hydrogens (tertiary/aromatic N) is 4. The highest BCUT2D eigenvalue weighted by atomic mass is 16.4. The molecule has 84 valence electrons. The first-order valence-corrected chi connectivity index (χ1v) is 4.73. The molecule has 0 fully saturated rings. The third-order valence-electron chi connectivity index (χ3n) is 2.26. The number of hydrogen-bond donors (Lipinski definition) is 2. The molecule has 0 saturated heterocycles. The van der Waals surface area contributed by atoms with Gasteiger partial charge in [0.25, 0.3) is 5.78 Å². The van der Waals surface area contributed by atoms with E-state index in [0.717, 1.165) is 0 Å². The molecule has 16 heavy (non-hydrogen) atoms. The van der Waals surface area contributed by atoms with Gasteiger partial charge in [-0.05, 0) is 6.92 Å². The average molecular weight is 221 g/mol. The Hall–Kier alpha value is -2.02. The highest BCUT2D eigenvalue weighted by Crippen LogP contribution is 2.13. The maximum absolute atomic E-state index is 10.9. The van der Waals surface area contributed by atoms with E-state index < -0.39 is 11.9 Å². The van der Waals surface area contributed by atoms with Crippen LogP contribution in [0.15, 0.2) is 12.4 Å². The zero-order valence-electron chi connectivity index (χ0n) is 8.66. The van der Waals surface area contributed by atoms with Crippen molar-refractivity contribution in [2.75, 3.05) is 6.54 Å². The maximum Gasteiger partial charge on any atom is 0.312 e. The van der Waals surface area contributed by atoms with Gasteiger partial charge < -0.3 is 10.8 Å². The van der Waals surface area contributed by atoms with Crippen molar-refractivity contribution >= 4 is 11.7 Å². The van der Waals surface area contributed by atoms with Crippen LogP contribution in [0.3, 0.4) is 0 Å². The van der Waals surface area contributed by atoms with E-state index in [2.05, 4.69) is 15.1 Å². The molecule has 0 aromatic carbocycles. The van der Waals surface area contributed by atoms with Crippen LogP contribution in [-0.2, 0) is 4.79 Å². The molecule has 2 heterocycles. The molecule has 7 nitrogen and oxygen atoms in total. The number of carboxylic acid groups (broad SMARTS) is 1. The van der Waals surface area contributed by atoms with E-state index in [1.54, 1.807) is 13.1 Å². The molecule has 1 atom stereocenters. The zero-order chi connectivity index (χ0) is 11.7. The minimum absolute atomic E-state index is 0.0240. The van der Waals surface area contributed by atoms with Gasteiger partial charge in [0.1, 0.15) is 5.82 Å². The van der Waals surface area contributed by atoms with Crippen molar-refractivity contribution in [3.8, 4) is 0 Å². The predicted octanol–water partition coefficient (Wildman–Crippen LogP) is -0.440. The van der Waals surface area contributed by atoms with Gasteiger partial charge in [0.15, 0.2) is 0 Å². The molecule has 3 N–H and O–H groups in total. The Morgan fingerprint density at radius 2 is 2.44 bits per heavy atom. The van der Waals surface area contributed by atoms with Crippen LogP contribution in [0.1, 0.15) is 17.3 Å². The molecule has 2 aromatic heterocycles. The Balaban J connectivity index is 2.48. The van der Waals surface area contributed by atoms with Crippen molar-refractivity contribution in [1.82, 2.24) is 19.6 Å². The Labute approximate surface area is 90.9 Å². The lowest BCUT2D eigenvalue weighted by Crippen LogP contribution is -2.21. The zero-order valence-corrected chi connectivity index (χ0v) is 8.66. The first kappa shape index (κ1) is 10.5. The number of aromatic nitrogens is 4. The minimum Gasteiger partial charge on any atom is -0.481 e. The number of hydrogen-bond acceptors (Lipinski definition) is 5. The van der Waals surface area contributed by atoms with Crippen molar-refractivity contribution in [2.24, 2.45) is 5.73 Å². The SMILES string of the molecule is Cc1nc2ncc(C(CN)C(=O)O)cn2n1. The summed E-state index contributed by atoms with van der Waals surface area (Å²) in [5.74, 6) is -0.700. The molecule has 0 aliphatic rings. The number of aryl methyl sites for hydroxylation is 1. The third-order valence-corrected chi connectivity index (χ3v) is 2.26. The number of aliphatic carboxylic acids is 1. The highest BCUT2D eigenvalue weighted by molar-refractivity contribution is 5.76. The monoisotopic (exact) mass is 221 g/mol. The van der Waals surface area contributed by atoms with E-state index in [0.29, 0.717) is 17.2 Å². The molecule has 0 radical (unpaired) electrons. The molecule has 2 aromatic rings. The maximum atomic E-state index is 10.9. The molecule has 0 saturated carbocycles. The summed E-state index contributed by atoms with van der Waals surface area (Å²) in [6, 6.07) is 0. The Kier molecular flexibility index (Phi) is 2.53. The molecular weight excluding hydrogens is 210 g/mol. The first-order chi connectivity index (χ1) is 7.61. The van der Waals surface area contributed by atoms with Crippen molar-refractivity contribution in [2.45, 2.75) is 12.8 Å². The van der Waals surface area contributed by atoms with Crippen LogP contribution < -0.4 is 5.73 Å². The molecule has 0 aliphatic heterocycles. The Morgan fingerprint density at radius 1 is 1.69 bits per heavy atom. The second kappa shape index (κ2) is 3.86. The van der Waals surface area contributed by atoms with Gasteiger partial charge in [-0.25, -0.2) is 9.50 Å². The Morgan fingerprint density at radius 3 is 3.06 bits per heavy atom. The highest BCUT2D eigenvalue weighted by Gasteiger charge is 2.19. The number of rotatable bonds is 3. The lowest BCUT2D eigenvalue weighted by molar-refractivity contribution is -0.138. The summed E-state index contributed by atoms with van der Waals surface area (Å²) in [6.07, 6.45) is 3.06. The largest absolute Gasteiger partial charge is 0.481 e. The van der Waals surface area contributed by atoms with Gasteiger partial charge in [-0.2, -0.15) is 10.1 Å². The molecule has 1 unspecified atom stereocenters. The minimum atomic E-state index is -0.972. The van der Waals surface area contributed by atoms with Gasteiger partial charge in [0.2, 0.25) is 0 Å². The van der Waals surface area contributed by atoms with E-state index in [1.807, 2.05) is 0 Å². The van der Waals surface area contributed by atoms with E-state index in [-0.39, 0.29) is 6.54 Å². The predicted molar refractivity (Wildman–Crippen MR) is 55.0 cm³/mol. The normalized spacial score (nSPS) is 12.9. The van der Waals surface area contributed by atoms with E-state index in [9.17, 15) is 4.79 Å². The van der Waals surface area contributed by atoms with Gasteiger partial charge in [-0.1, -0.05) is 0 Å².